The maximum absolute atomic E-state index is 5.77. The van der Waals surface area contributed by atoms with Crippen molar-refractivity contribution in [2.75, 3.05) is 20.1 Å². The minimum absolute atomic E-state index is 0.149. The molecule has 0 aromatic carbocycles. The molecule has 1 unspecified atom stereocenters. The van der Waals surface area contributed by atoms with Gasteiger partial charge in [-0.05, 0) is 19.9 Å². The lowest BCUT2D eigenvalue weighted by Crippen LogP contribution is -2.43. The van der Waals surface area contributed by atoms with Gasteiger partial charge in [-0.1, -0.05) is 12.8 Å². The standard InChI is InChI=1S/C9H21N3/c1-12(7-8(11)6-10)9-4-2-3-5-9/h8-9H,2-7,10-11H2,1H3. The molecule has 1 atom stereocenters. The third-order valence-corrected chi connectivity index (χ3v) is 2.77. The van der Waals surface area contributed by atoms with Crippen LogP contribution in [0.4, 0.5) is 0 Å². The zero-order valence-electron chi connectivity index (χ0n) is 8.00. The van der Waals surface area contributed by atoms with E-state index in [1.807, 2.05) is 0 Å². The van der Waals surface area contributed by atoms with Crippen molar-refractivity contribution in [1.29, 1.82) is 0 Å². The van der Waals surface area contributed by atoms with Crippen molar-refractivity contribution in [3.8, 4) is 0 Å². The van der Waals surface area contributed by atoms with Crippen LogP contribution >= 0.6 is 0 Å². The van der Waals surface area contributed by atoms with Gasteiger partial charge in [-0.25, -0.2) is 0 Å². The minimum Gasteiger partial charge on any atom is -0.329 e. The van der Waals surface area contributed by atoms with E-state index < -0.39 is 0 Å². The molecule has 3 nitrogen and oxygen atoms in total. The molecule has 1 saturated carbocycles. The topological polar surface area (TPSA) is 55.3 Å². The van der Waals surface area contributed by atoms with E-state index in [4.69, 9.17) is 11.5 Å². The van der Waals surface area contributed by atoms with Crippen molar-refractivity contribution in [1.82, 2.24) is 4.90 Å². The summed E-state index contributed by atoms with van der Waals surface area (Å²) in [7, 11) is 2.16. The Balaban J connectivity index is 2.21. The van der Waals surface area contributed by atoms with E-state index in [0.29, 0.717) is 6.54 Å². The first kappa shape index (κ1) is 9.96. The summed E-state index contributed by atoms with van der Waals surface area (Å²) in [6, 6.07) is 0.915. The predicted molar refractivity (Wildman–Crippen MR) is 51.9 cm³/mol. The maximum Gasteiger partial charge on any atom is 0.0292 e. The lowest BCUT2D eigenvalue weighted by Gasteiger charge is -2.26. The van der Waals surface area contributed by atoms with Gasteiger partial charge in [-0.3, -0.25) is 0 Å². The van der Waals surface area contributed by atoms with Gasteiger partial charge in [0.1, 0.15) is 0 Å². The summed E-state index contributed by atoms with van der Waals surface area (Å²) in [6.07, 6.45) is 5.45. The summed E-state index contributed by atoms with van der Waals surface area (Å²) >= 11 is 0. The number of rotatable bonds is 4. The zero-order valence-corrected chi connectivity index (χ0v) is 8.00. The molecule has 0 saturated heterocycles. The fraction of sp³-hybridized carbons (Fsp3) is 1.00. The normalized spacial score (nSPS) is 22.0. The van der Waals surface area contributed by atoms with Crippen molar-refractivity contribution in [2.24, 2.45) is 11.5 Å². The van der Waals surface area contributed by atoms with Gasteiger partial charge < -0.3 is 16.4 Å². The number of nitrogens with two attached hydrogens (primary N) is 2. The lowest BCUT2D eigenvalue weighted by molar-refractivity contribution is 0.232. The smallest absolute Gasteiger partial charge is 0.0292 e. The molecule has 1 rings (SSSR count). The second-order valence-corrected chi connectivity index (χ2v) is 3.87. The van der Waals surface area contributed by atoms with E-state index in [1.54, 1.807) is 0 Å². The molecule has 0 aromatic rings. The molecule has 0 radical (unpaired) electrons. The van der Waals surface area contributed by atoms with Crippen LogP contribution in [0.2, 0.25) is 0 Å². The molecular weight excluding hydrogens is 150 g/mol. The van der Waals surface area contributed by atoms with Gasteiger partial charge in [0.25, 0.3) is 0 Å². The molecule has 0 aromatic heterocycles. The van der Waals surface area contributed by atoms with E-state index >= 15 is 0 Å². The molecular formula is C9H21N3. The van der Waals surface area contributed by atoms with Crippen LogP contribution in [0.25, 0.3) is 0 Å². The molecule has 0 bridgehead atoms. The van der Waals surface area contributed by atoms with Crippen LogP contribution in [0.3, 0.4) is 0 Å². The zero-order chi connectivity index (χ0) is 8.97. The highest BCUT2D eigenvalue weighted by Gasteiger charge is 2.20. The monoisotopic (exact) mass is 171 g/mol. The molecule has 0 heterocycles. The van der Waals surface area contributed by atoms with Crippen LogP contribution < -0.4 is 11.5 Å². The summed E-state index contributed by atoms with van der Waals surface area (Å²) in [5, 5.41) is 0. The first-order valence-electron chi connectivity index (χ1n) is 4.90. The molecule has 1 fully saturated rings. The van der Waals surface area contributed by atoms with Crippen molar-refractivity contribution >= 4 is 0 Å². The van der Waals surface area contributed by atoms with E-state index in [2.05, 4.69) is 11.9 Å². The largest absolute Gasteiger partial charge is 0.329 e. The number of likely N-dealkylation sites (N-methyl/N-ethyl adjacent to an activating group) is 1. The fourth-order valence-electron chi connectivity index (χ4n) is 1.94. The Morgan fingerprint density at radius 1 is 1.42 bits per heavy atom. The molecule has 72 valence electrons. The SMILES string of the molecule is CN(CC(N)CN)C1CCCC1. The molecule has 3 heteroatoms. The minimum atomic E-state index is 0.149. The number of hydrogen-bond acceptors (Lipinski definition) is 3. The van der Waals surface area contributed by atoms with Gasteiger partial charge in [-0.15, -0.1) is 0 Å². The molecule has 12 heavy (non-hydrogen) atoms. The van der Waals surface area contributed by atoms with E-state index in [-0.39, 0.29) is 6.04 Å². The Kier molecular flexibility index (Phi) is 3.98. The second kappa shape index (κ2) is 4.80. The predicted octanol–water partition coefficient (Wildman–Crippen LogP) is 0.147. The summed E-state index contributed by atoms with van der Waals surface area (Å²) < 4.78 is 0. The molecule has 1 aliphatic carbocycles. The summed E-state index contributed by atoms with van der Waals surface area (Å²) in [6.45, 7) is 1.54. The van der Waals surface area contributed by atoms with Crippen molar-refractivity contribution in [3.05, 3.63) is 0 Å². The second-order valence-electron chi connectivity index (χ2n) is 3.87. The van der Waals surface area contributed by atoms with Crippen LogP contribution in [-0.2, 0) is 0 Å². The van der Waals surface area contributed by atoms with Gasteiger partial charge in [0.05, 0.1) is 0 Å². The molecule has 0 spiro atoms. The fourth-order valence-corrected chi connectivity index (χ4v) is 1.94. The number of hydrogen-bond donors (Lipinski definition) is 2. The molecule has 0 amide bonds. The highest BCUT2D eigenvalue weighted by Crippen LogP contribution is 2.21. The van der Waals surface area contributed by atoms with Gasteiger partial charge in [-0.2, -0.15) is 0 Å². The van der Waals surface area contributed by atoms with Crippen LogP contribution in [0, 0.1) is 0 Å². The van der Waals surface area contributed by atoms with Crippen molar-refractivity contribution < 1.29 is 0 Å². The van der Waals surface area contributed by atoms with Crippen LogP contribution in [0.1, 0.15) is 25.7 Å². The summed E-state index contributed by atoms with van der Waals surface area (Å²) in [5.74, 6) is 0. The third-order valence-electron chi connectivity index (χ3n) is 2.77. The Bertz CT molecular complexity index is 121. The van der Waals surface area contributed by atoms with Gasteiger partial charge in [0.15, 0.2) is 0 Å². The first-order valence-corrected chi connectivity index (χ1v) is 4.90. The van der Waals surface area contributed by atoms with E-state index in [1.165, 1.54) is 25.7 Å². The molecule has 0 aliphatic heterocycles. The first-order chi connectivity index (χ1) is 5.74. The van der Waals surface area contributed by atoms with Crippen molar-refractivity contribution in [3.63, 3.8) is 0 Å². The average molecular weight is 171 g/mol. The van der Waals surface area contributed by atoms with Gasteiger partial charge in [0, 0.05) is 25.2 Å². The van der Waals surface area contributed by atoms with Crippen LogP contribution in [0.15, 0.2) is 0 Å². The number of nitrogens with zero attached hydrogens (tertiary/aromatic N) is 1. The Morgan fingerprint density at radius 2 is 2.00 bits per heavy atom. The quantitative estimate of drug-likeness (QED) is 0.633. The third kappa shape index (κ3) is 2.73. The highest BCUT2D eigenvalue weighted by molar-refractivity contribution is 4.78. The van der Waals surface area contributed by atoms with Gasteiger partial charge >= 0.3 is 0 Å². The molecule has 4 N–H and O–H groups in total. The van der Waals surface area contributed by atoms with E-state index in [0.717, 1.165) is 12.6 Å². The average Bonchev–Trinajstić information content (AvgIpc) is 2.56. The highest BCUT2D eigenvalue weighted by atomic mass is 15.1. The Hall–Kier alpha value is -0.120. The lowest BCUT2D eigenvalue weighted by atomic mass is 10.2. The Morgan fingerprint density at radius 3 is 2.50 bits per heavy atom. The van der Waals surface area contributed by atoms with Gasteiger partial charge in [0.2, 0.25) is 0 Å². The van der Waals surface area contributed by atoms with Crippen molar-refractivity contribution in [2.45, 2.75) is 37.8 Å². The summed E-state index contributed by atoms with van der Waals surface area (Å²) in [4.78, 5) is 2.37. The van der Waals surface area contributed by atoms with Crippen LogP contribution in [-0.4, -0.2) is 37.1 Å². The van der Waals surface area contributed by atoms with Crippen LogP contribution in [0.5, 0.6) is 0 Å². The molecule has 1 aliphatic rings. The Labute approximate surface area is 75.1 Å². The maximum atomic E-state index is 5.77. The van der Waals surface area contributed by atoms with E-state index in [9.17, 15) is 0 Å². The summed E-state index contributed by atoms with van der Waals surface area (Å²) in [5.41, 5.74) is 11.2.